The highest BCUT2D eigenvalue weighted by molar-refractivity contribution is 7.92. The number of hydrogen-bond donors (Lipinski definition) is 0. The van der Waals surface area contributed by atoms with Gasteiger partial charge in [-0.25, -0.2) is 14.2 Å². The van der Waals surface area contributed by atoms with Crippen molar-refractivity contribution >= 4 is 27.2 Å². The molecule has 0 atom stereocenters. The van der Waals surface area contributed by atoms with Crippen LogP contribution in [0, 0.1) is 0 Å². The fourth-order valence-electron chi connectivity index (χ4n) is 0.675. The average Bonchev–Trinajstić information content (AvgIpc) is 2.02. The van der Waals surface area contributed by atoms with Crippen molar-refractivity contribution in [2.24, 2.45) is 4.36 Å². The molecule has 0 fully saturated rings. The highest BCUT2D eigenvalue weighted by atomic mass is 35.5. The second-order valence-corrected chi connectivity index (χ2v) is 5.70. The van der Waals surface area contributed by atoms with E-state index in [0.717, 1.165) is 0 Å². The Morgan fingerprint density at radius 3 is 2.36 bits per heavy atom. The molecule has 1 amide bonds. The minimum Gasteiger partial charge on any atom is -0.266 e. The summed E-state index contributed by atoms with van der Waals surface area (Å²) in [6, 6.07) is 0. The summed E-state index contributed by atoms with van der Waals surface area (Å²) in [5.74, 6) is -0.600. The van der Waals surface area contributed by atoms with E-state index in [1.54, 1.807) is 0 Å². The molecular weight excluding hydrogens is 226 g/mol. The number of rotatable bonds is 1. The van der Waals surface area contributed by atoms with Crippen LogP contribution in [0.4, 0.5) is 0 Å². The quantitative estimate of drug-likeness (QED) is 0.679. The van der Waals surface area contributed by atoms with Gasteiger partial charge < -0.3 is 0 Å². The maximum absolute atomic E-state index is 11.3. The Balaban J connectivity index is 3.03. The maximum atomic E-state index is 11.3. The lowest BCUT2D eigenvalue weighted by Crippen LogP contribution is -2.02. The first kappa shape index (κ1) is 11.1. The van der Waals surface area contributed by atoms with Crippen LogP contribution in [0.1, 0.15) is 10.4 Å². The van der Waals surface area contributed by atoms with Gasteiger partial charge in [0.1, 0.15) is 0 Å². The Bertz CT molecular complexity index is 454. The van der Waals surface area contributed by atoms with Crippen LogP contribution in [-0.2, 0) is 9.73 Å². The van der Waals surface area contributed by atoms with Crippen molar-refractivity contribution in [1.29, 1.82) is 0 Å². The summed E-state index contributed by atoms with van der Waals surface area (Å²) in [7, 11) is -2.44. The van der Waals surface area contributed by atoms with Gasteiger partial charge >= 0.3 is 0 Å². The summed E-state index contributed by atoms with van der Waals surface area (Å²) in [4.78, 5) is 18.5. The summed E-state index contributed by atoms with van der Waals surface area (Å²) in [6.07, 6.45) is 5.24. The number of carbonyl (C=O) groups is 1. The zero-order chi connectivity index (χ0) is 10.8. The normalized spacial score (nSPS) is 11.1. The molecule has 14 heavy (non-hydrogen) atoms. The van der Waals surface area contributed by atoms with Crippen molar-refractivity contribution in [1.82, 2.24) is 9.97 Å². The van der Waals surface area contributed by atoms with Gasteiger partial charge in [0.25, 0.3) is 5.91 Å². The predicted octanol–water partition coefficient (Wildman–Crippen LogP) is 0.998. The van der Waals surface area contributed by atoms with Gasteiger partial charge in [-0.05, 0) is 11.6 Å². The summed E-state index contributed by atoms with van der Waals surface area (Å²) in [5.41, 5.74) is 0.172. The summed E-state index contributed by atoms with van der Waals surface area (Å²) in [5, 5.41) is 0.0512. The summed E-state index contributed by atoms with van der Waals surface area (Å²) >= 11 is 5.43. The number of halogens is 1. The van der Waals surface area contributed by atoms with Crippen molar-refractivity contribution in [3.8, 4) is 0 Å². The van der Waals surface area contributed by atoms with Gasteiger partial charge in [0.05, 0.1) is 5.56 Å². The van der Waals surface area contributed by atoms with Gasteiger partial charge in [0.15, 0.2) is 0 Å². The van der Waals surface area contributed by atoms with Crippen LogP contribution in [0.15, 0.2) is 16.8 Å². The minimum absolute atomic E-state index is 0.0512. The van der Waals surface area contributed by atoms with Crippen molar-refractivity contribution in [2.75, 3.05) is 12.5 Å². The molecule has 0 aliphatic rings. The molecule has 0 bridgehead atoms. The van der Waals surface area contributed by atoms with Gasteiger partial charge in [-0.15, -0.1) is 0 Å². The number of nitrogens with zero attached hydrogens (tertiary/aromatic N) is 3. The van der Waals surface area contributed by atoms with Crippen LogP contribution in [0.2, 0.25) is 5.28 Å². The molecule has 0 aliphatic carbocycles. The van der Waals surface area contributed by atoms with Crippen LogP contribution in [0.25, 0.3) is 0 Å². The Hall–Kier alpha value is -1.01. The highest BCUT2D eigenvalue weighted by Gasteiger charge is 2.06. The zero-order valence-corrected chi connectivity index (χ0v) is 9.17. The van der Waals surface area contributed by atoms with E-state index in [1.807, 2.05) is 0 Å². The molecule has 76 valence electrons. The molecule has 1 aromatic heterocycles. The van der Waals surface area contributed by atoms with E-state index in [0.29, 0.717) is 0 Å². The van der Waals surface area contributed by atoms with Crippen molar-refractivity contribution < 1.29 is 9.00 Å². The number of amides is 1. The molecule has 0 aliphatic heterocycles. The molecule has 0 spiro atoms. The van der Waals surface area contributed by atoms with E-state index in [2.05, 4.69) is 14.3 Å². The van der Waals surface area contributed by atoms with E-state index >= 15 is 0 Å². The molecule has 1 rings (SSSR count). The van der Waals surface area contributed by atoms with Crippen LogP contribution in [0.5, 0.6) is 0 Å². The Morgan fingerprint density at radius 1 is 1.43 bits per heavy atom. The zero-order valence-electron chi connectivity index (χ0n) is 7.60. The van der Waals surface area contributed by atoms with Crippen molar-refractivity contribution in [2.45, 2.75) is 0 Å². The highest BCUT2D eigenvalue weighted by Crippen LogP contribution is 2.03. The third-order valence-corrected chi connectivity index (χ3v) is 1.97. The molecular formula is C7H8ClN3O2S. The molecule has 0 unspecified atom stereocenters. The standard InChI is InChI=1S/C7H8ClN3O2S/c1-14(2,13)11-6(12)5-3-9-7(8)10-4-5/h3-4H,1-2H3. The van der Waals surface area contributed by atoms with Crippen molar-refractivity contribution in [3.63, 3.8) is 0 Å². The molecule has 0 saturated heterocycles. The molecule has 0 radical (unpaired) electrons. The van der Waals surface area contributed by atoms with E-state index in [9.17, 15) is 9.00 Å². The van der Waals surface area contributed by atoms with Crippen molar-refractivity contribution in [3.05, 3.63) is 23.2 Å². The smallest absolute Gasteiger partial charge is 0.266 e. The molecule has 5 nitrogen and oxygen atoms in total. The Morgan fingerprint density at radius 2 is 1.93 bits per heavy atom. The second-order valence-electron chi connectivity index (χ2n) is 2.82. The lowest BCUT2D eigenvalue weighted by atomic mass is 10.3. The topological polar surface area (TPSA) is 72.3 Å². The van der Waals surface area contributed by atoms with Gasteiger partial charge in [0.2, 0.25) is 5.28 Å². The van der Waals surface area contributed by atoms with Crippen LogP contribution in [-0.4, -0.2) is 32.6 Å². The molecule has 0 saturated carbocycles. The van der Waals surface area contributed by atoms with Crippen LogP contribution in [0.3, 0.4) is 0 Å². The number of aromatic nitrogens is 2. The predicted molar refractivity (Wildman–Crippen MR) is 53.8 cm³/mol. The molecule has 0 aromatic carbocycles. The lowest BCUT2D eigenvalue weighted by Gasteiger charge is -1.95. The monoisotopic (exact) mass is 233 g/mol. The van der Waals surface area contributed by atoms with Gasteiger partial charge in [-0.2, -0.15) is 4.36 Å². The molecule has 1 aromatic rings. The fraction of sp³-hybridized carbons (Fsp3) is 0.286. The molecule has 1 heterocycles. The van der Waals surface area contributed by atoms with Crippen LogP contribution < -0.4 is 0 Å². The SMILES string of the molecule is CS(C)(=O)=NC(=O)c1cnc(Cl)nc1. The average molecular weight is 234 g/mol. The first-order valence-electron chi connectivity index (χ1n) is 3.57. The first-order chi connectivity index (χ1) is 6.38. The molecule has 0 N–H and O–H groups in total. The second kappa shape index (κ2) is 4.02. The third kappa shape index (κ3) is 3.39. The minimum atomic E-state index is -2.44. The first-order valence-corrected chi connectivity index (χ1v) is 6.28. The fourth-order valence-corrected chi connectivity index (χ4v) is 1.28. The summed E-state index contributed by atoms with van der Waals surface area (Å²) in [6.45, 7) is 0. The van der Waals surface area contributed by atoms with Gasteiger partial charge in [-0.1, -0.05) is 0 Å². The number of carbonyl (C=O) groups excluding carboxylic acids is 1. The third-order valence-electron chi connectivity index (χ3n) is 1.17. The largest absolute Gasteiger partial charge is 0.288 e. The Kier molecular flexibility index (Phi) is 3.17. The van der Waals surface area contributed by atoms with Gasteiger partial charge in [-0.3, -0.25) is 4.79 Å². The van der Waals surface area contributed by atoms with E-state index in [-0.39, 0.29) is 10.8 Å². The van der Waals surface area contributed by atoms with E-state index < -0.39 is 15.6 Å². The maximum Gasteiger partial charge on any atom is 0.288 e. The van der Waals surface area contributed by atoms with E-state index in [4.69, 9.17) is 11.6 Å². The summed E-state index contributed by atoms with van der Waals surface area (Å²) < 4.78 is 14.7. The van der Waals surface area contributed by atoms with Crippen LogP contribution >= 0.6 is 11.6 Å². The lowest BCUT2D eigenvalue weighted by molar-refractivity contribution is 0.100. The van der Waals surface area contributed by atoms with Gasteiger partial charge in [0, 0.05) is 34.6 Å². The molecule has 7 heteroatoms. The number of hydrogen-bond acceptors (Lipinski definition) is 4. The van der Waals surface area contributed by atoms with E-state index in [1.165, 1.54) is 24.9 Å². The Labute approximate surface area is 86.7 Å².